The quantitative estimate of drug-likeness (QED) is 0.618. The van der Waals surface area contributed by atoms with Crippen LogP contribution < -0.4 is 5.32 Å². The second-order valence-corrected chi connectivity index (χ2v) is 6.11. The van der Waals surface area contributed by atoms with Crippen molar-refractivity contribution in [3.63, 3.8) is 0 Å². The van der Waals surface area contributed by atoms with E-state index in [2.05, 4.69) is 28.3 Å². The molecular formula is C20H17N5. The van der Waals surface area contributed by atoms with Crippen molar-refractivity contribution in [3.8, 4) is 6.07 Å². The van der Waals surface area contributed by atoms with E-state index in [-0.39, 0.29) is 0 Å². The van der Waals surface area contributed by atoms with Crippen LogP contribution in [0.25, 0.3) is 16.7 Å². The van der Waals surface area contributed by atoms with Crippen molar-refractivity contribution in [2.24, 2.45) is 0 Å². The van der Waals surface area contributed by atoms with Gasteiger partial charge in [-0.15, -0.1) is 0 Å². The second-order valence-electron chi connectivity index (χ2n) is 6.11. The Labute approximate surface area is 145 Å². The van der Waals surface area contributed by atoms with Gasteiger partial charge in [-0.1, -0.05) is 12.1 Å². The molecule has 25 heavy (non-hydrogen) atoms. The number of fused-ring (bicyclic) bond motifs is 3. The summed E-state index contributed by atoms with van der Waals surface area (Å²) < 4.78 is 2.03. The minimum absolute atomic E-state index is 0.613. The molecule has 0 radical (unpaired) electrons. The molecule has 5 heteroatoms. The zero-order valence-electron chi connectivity index (χ0n) is 14.1. The predicted molar refractivity (Wildman–Crippen MR) is 98.5 cm³/mol. The minimum atomic E-state index is 0.613. The molecule has 4 rings (SSSR count). The van der Waals surface area contributed by atoms with Gasteiger partial charge < -0.3 is 5.32 Å². The topological polar surface area (TPSA) is 66.0 Å². The normalized spacial score (nSPS) is 10.9. The van der Waals surface area contributed by atoms with Crippen LogP contribution in [0.1, 0.15) is 22.3 Å². The molecule has 0 fully saturated rings. The molecule has 1 aromatic carbocycles. The summed E-state index contributed by atoms with van der Waals surface area (Å²) in [7, 11) is 0. The highest BCUT2D eigenvalue weighted by Crippen LogP contribution is 2.27. The molecular weight excluding hydrogens is 310 g/mol. The molecule has 0 aliphatic rings. The molecule has 0 bridgehead atoms. The molecule has 0 atom stereocenters. The van der Waals surface area contributed by atoms with Gasteiger partial charge in [-0.05, 0) is 54.8 Å². The molecule has 122 valence electrons. The third-order valence-electron chi connectivity index (χ3n) is 4.48. The third kappa shape index (κ3) is 2.48. The van der Waals surface area contributed by atoms with Crippen molar-refractivity contribution in [2.45, 2.75) is 20.4 Å². The van der Waals surface area contributed by atoms with Crippen LogP contribution in [0.3, 0.4) is 0 Å². The van der Waals surface area contributed by atoms with E-state index < -0.39 is 0 Å². The lowest BCUT2D eigenvalue weighted by molar-refractivity contribution is 1.05. The lowest BCUT2D eigenvalue weighted by Gasteiger charge is -2.13. The highest BCUT2D eigenvalue weighted by atomic mass is 15.1. The van der Waals surface area contributed by atoms with Crippen LogP contribution in [-0.2, 0) is 6.54 Å². The van der Waals surface area contributed by atoms with Gasteiger partial charge in [0.1, 0.15) is 11.9 Å². The van der Waals surface area contributed by atoms with Crippen LogP contribution in [0.15, 0.2) is 48.8 Å². The SMILES string of the molecule is Cc1cnccc1CNc1cc(C)c(C#N)c2nc3ccccc3n12. The van der Waals surface area contributed by atoms with Crippen molar-refractivity contribution in [1.29, 1.82) is 5.26 Å². The first-order valence-electron chi connectivity index (χ1n) is 8.13. The van der Waals surface area contributed by atoms with Crippen molar-refractivity contribution in [2.75, 3.05) is 5.32 Å². The summed E-state index contributed by atoms with van der Waals surface area (Å²) in [5.41, 5.74) is 6.43. The number of aromatic nitrogens is 3. The van der Waals surface area contributed by atoms with E-state index in [1.807, 2.05) is 53.9 Å². The number of anilines is 1. The van der Waals surface area contributed by atoms with Crippen molar-refractivity contribution < 1.29 is 0 Å². The molecule has 0 spiro atoms. The Morgan fingerprint density at radius 3 is 2.80 bits per heavy atom. The maximum absolute atomic E-state index is 9.55. The van der Waals surface area contributed by atoms with Crippen molar-refractivity contribution in [1.82, 2.24) is 14.4 Å². The predicted octanol–water partition coefficient (Wildman–Crippen LogP) is 3.98. The molecule has 5 nitrogen and oxygen atoms in total. The Kier molecular flexibility index (Phi) is 3.58. The van der Waals surface area contributed by atoms with E-state index in [4.69, 9.17) is 0 Å². The van der Waals surface area contributed by atoms with Crippen LogP contribution in [-0.4, -0.2) is 14.4 Å². The van der Waals surface area contributed by atoms with Crippen LogP contribution in [0.2, 0.25) is 0 Å². The monoisotopic (exact) mass is 327 g/mol. The zero-order valence-corrected chi connectivity index (χ0v) is 14.1. The molecule has 4 aromatic rings. The third-order valence-corrected chi connectivity index (χ3v) is 4.48. The summed E-state index contributed by atoms with van der Waals surface area (Å²) in [6, 6.07) is 14.3. The van der Waals surface area contributed by atoms with E-state index in [0.29, 0.717) is 17.8 Å². The van der Waals surface area contributed by atoms with E-state index in [1.54, 1.807) is 6.20 Å². The molecule has 0 aliphatic heterocycles. The summed E-state index contributed by atoms with van der Waals surface area (Å²) in [4.78, 5) is 8.81. The first-order chi connectivity index (χ1) is 12.2. The van der Waals surface area contributed by atoms with Gasteiger partial charge in [0, 0.05) is 18.9 Å². The Hall–Kier alpha value is -3.39. The van der Waals surface area contributed by atoms with Crippen LogP contribution >= 0.6 is 0 Å². The van der Waals surface area contributed by atoms with Gasteiger partial charge in [0.15, 0.2) is 5.65 Å². The van der Waals surface area contributed by atoms with E-state index in [1.165, 1.54) is 5.56 Å². The van der Waals surface area contributed by atoms with Gasteiger partial charge in [0.2, 0.25) is 0 Å². The number of benzene rings is 1. The fraction of sp³-hybridized carbons (Fsp3) is 0.150. The molecule has 0 saturated carbocycles. The number of aryl methyl sites for hydroxylation is 2. The number of nitrogens with one attached hydrogen (secondary N) is 1. The van der Waals surface area contributed by atoms with Gasteiger partial charge in [-0.2, -0.15) is 5.26 Å². The summed E-state index contributed by atoms with van der Waals surface area (Å²) in [6.45, 7) is 4.68. The largest absolute Gasteiger partial charge is 0.367 e. The number of imidazole rings is 1. The van der Waals surface area contributed by atoms with Crippen LogP contribution in [0.4, 0.5) is 5.82 Å². The molecule has 0 amide bonds. The number of hydrogen-bond acceptors (Lipinski definition) is 4. The maximum Gasteiger partial charge on any atom is 0.157 e. The number of rotatable bonds is 3. The first kappa shape index (κ1) is 15.2. The Morgan fingerprint density at radius 2 is 2.00 bits per heavy atom. The fourth-order valence-corrected chi connectivity index (χ4v) is 3.11. The zero-order chi connectivity index (χ0) is 17.4. The number of hydrogen-bond donors (Lipinski definition) is 1. The minimum Gasteiger partial charge on any atom is -0.367 e. The van der Waals surface area contributed by atoms with Gasteiger partial charge in [0.25, 0.3) is 0 Å². The van der Waals surface area contributed by atoms with Crippen molar-refractivity contribution >= 4 is 22.5 Å². The van der Waals surface area contributed by atoms with E-state index >= 15 is 0 Å². The van der Waals surface area contributed by atoms with E-state index in [0.717, 1.165) is 28.0 Å². The standard InChI is InChI=1S/C20H17N5/c1-13-9-19(23-12-15-7-8-22-11-14(15)2)25-18-6-4-3-5-17(18)24-20(25)16(13)10-21/h3-9,11,23H,12H2,1-2H3. The molecule has 3 heterocycles. The highest BCUT2D eigenvalue weighted by molar-refractivity contribution is 5.85. The molecule has 3 aromatic heterocycles. The van der Waals surface area contributed by atoms with Gasteiger partial charge in [-0.25, -0.2) is 4.98 Å². The lowest BCUT2D eigenvalue weighted by atomic mass is 10.1. The highest BCUT2D eigenvalue weighted by Gasteiger charge is 2.14. The average molecular weight is 327 g/mol. The fourth-order valence-electron chi connectivity index (χ4n) is 3.11. The molecule has 0 unspecified atom stereocenters. The lowest BCUT2D eigenvalue weighted by Crippen LogP contribution is -2.07. The van der Waals surface area contributed by atoms with Crippen LogP contribution in [0, 0.1) is 25.2 Å². The number of nitriles is 1. The van der Waals surface area contributed by atoms with Gasteiger partial charge >= 0.3 is 0 Å². The number of pyridine rings is 2. The first-order valence-corrected chi connectivity index (χ1v) is 8.13. The molecule has 1 N–H and O–H groups in total. The molecule has 0 aliphatic carbocycles. The Bertz CT molecular complexity index is 1130. The smallest absolute Gasteiger partial charge is 0.157 e. The summed E-state index contributed by atoms with van der Waals surface area (Å²) in [5, 5.41) is 13.0. The number of nitrogens with zero attached hydrogens (tertiary/aromatic N) is 4. The van der Waals surface area contributed by atoms with Gasteiger partial charge in [-0.3, -0.25) is 9.38 Å². The van der Waals surface area contributed by atoms with Crippen LogP contribution in [0.5, 0.6) is 0 Å². The average Bonchev–Trinajstić information content (AvgIpc) is 3.00. The maximum atomic E-state index is 9.55. The number of para-hydroxylation sites is 2. The Balaban J connectivity index is 1.89. The van der Waals surface area contributed by atoms with E-state index in [9.17, 15) is 5.26 Å². The van der Waals surface area contributed by atoms with Crippen molar-refractivity contribution in [3.05, 3.63) is 71.0 Å². The Morgan fingerprint density at radius 1 is 1.16 bits per heavy atom. The van der Waals surface area contributed by atoms with Gasteiger partial charge in [0.05, 0.1) is 16.6 Å². The molecule has 0 saturated heterocycles. The summed E-state index contributed by atoms with van der Waals surface area (Å²) >= 11 is 0. The summed E-state index contributed by atoms with van der Waals surface area (Å²) in [6.07, 6.45) is 3.67. The summed E-state index contributed by atoms with van der Waals surface area (Å²) in [5.74, 6) is 0.927. The second kappa shape index (κ2) is 5.91.